The molecule has 0 unspecified atom stereocenters. The molecule has 1 aromatic rings. The second kappa shape index (κ2) is 5.13. The van der Waals surface area contributed by atoms with Gasteiger partial charge in [-0.1, -0.05) is 30.3 Å². The zero-order chi connectivity index (χ0) is 9.64. The van der Waals surface area contributed by atoms with E-state index in [1.807, 2.05) is 0 Å². The van der Waals surface area contributed by atoms with Crippen molar-refractivity contribution in [2.45, 2.75) is 13.0 Å². The molecule has 1 aliphatic rings. The Balaban J connectivity index is 1.90. The number of rotatable bonds is 2. The molecule has 1 heterocycles. The Kier molecular flexibility index (Phi) is 3.55. The van der Waals surface area contributed by atoms with Crippen molar-refractivity contribution in [3.63, 3.8) is 0 Å². The van der Waals surface area contributed by atoms with E-state index in [0.717, 1.165) is 13.1 Å². The summed E-state index contributed by atoms with van der Waals surface area (Å²) < 4.78 is 0. The van der Waals surface area contributed by atoms with Crippen LogP contribution in [0, 0.1) is 0 Å². The van der Waals surface area contributed by atoms with Gasteiger partial charge in [-0.3, -0.25) is 4.90 Å². The zero-order valence-electron chi connectivity index (χ0n) is 8.58. The third-order valence-corrected chi connectivity index (χ3v) is 2.68. The molecule has 2 nitrogen and oxygen atoms in total. The Bertz CT molecular complexity index is 250. The van der Waals surface area contributed by atoms with Gasteiger partial charge in [0.2, 0.25) is 0 Å². The first-order chi connectivity index (χ1) is 6.95. The van der Waals surface area contributed by atoms with Gasteiger partial charge >= 0.3 is 0 Å². The van der Waals surface area contributed by atoms with Crippen molar-refractivity contribution in [2.24, 2.45) is 0 Å². The highest BCUT2D eigenvalue weighted by Crippen LogP contribution is 2.05. The van der Waals surface area contributed by atoms with E-state index in [-0.39, 0.29) is 0 Å². The lowest BCUT2D eigenvalue weighted by atomic mass is 10.2. The minimum atomic E-state index is 1.10. The fourth-order valence-electron chi connectivity index (χ4n) is 1.90. The van der Waals surface area contributed by atoms with Crippen LogP contribution >= 0.6 is 0 Å². The third-order valence-electron chi connectivity index (χ3n) is 2.68. The van der Waals surface area contributed by atoms with E-state index in [9.17, 15) is 0 Å². The molecule has 2 heteroatoms. The first kappa shape index (κ1) is 9.69. The summed E-state index contributed by atoms with van der Waals surface area (Å²) in [5.41, 5.74) is 1.43. The Labute approximate surface area is 85.9 Å². The molecule has 1 aromatic carbocycles. The Morgan fingerprint density at radius 2 is 1.93 bits per heavy atom. The molecule has 0 amide bonds. The van der Waals surface area contributed by atoms with E-state index in [4.69, 9.17) is 0 Å². The van der Waals surface area contributed by atoms with Gasteiger partial charge in [0.15, 0.2) is 0 Å². The maximum atomic E-state index is 3.42. The molecule has 0 bridgehead atoms. The van der Waals surface area contributed by atoms with Crippen molar-refractivity contribution in [2.75, 3.05) is 26.2 Å². The molecule has 0 aromatic heterocycles. The second-order valence-electron chi connectivity index (χ2n) is 3.87. The summed E-state index contributed by atoms with van der Waals surface area (Å²) in [5.74, 6) is 0. The first-order valence-corrected chi connectivity index (χ1v) is 5.42. The van der Waals surface area contributed by atoms with Gasteiger partial charge in [0, 0.05) is 19.6 Å². The molecular formula is C12H18N2. The monoisotopic (exact) mass is 190 g/mol. The molecule has 0 spiro atoms. The van der Waals surface area contributed by atoms with Gasteiger partial charge in [-0.15, -0.1) is 0 Å². The predicted molar refractivity (Wildman–Crippen MR) is 59.2 cm³/mol. The van der Waals surface area contributed by atoms with E-state index in [0.29, 0.717) is 0 Å². The summed E-state index contributed by atoms with van der Waals surface area (Å²) in [6.07, 6.45) is 1.27. The van der Waals surface area contributed by atoms with Gasteiger partial charge in [-0.25, -0.2) is 0 Å². The second-order valence-corrected chi connectivity index (χ2v) is 3.87. The Hall–Kier alpha value is -0.860. The van der Waals surface area contributed by atoms with E-state index in [2.05, 4.69) is 40.5 Å². The van der Waals surface area contributed by atoms with Crippen molar-refractivity contribution < 1.29 is 0 Å². The van der Waals surface area contributed by atoms with Gasteiger partial charge in [-0.05, 0) is 25.1 Å². The van der Waals surface area contributed by atoms with Crippen LogP contribution in [0.2, 0.25) is 0 Å². The van der Waals surface area contributed by atoms with Crippen molar-refractivity contribution in [1.29, 1.82) is 0 Å². The minimum absolute atomic E-state index is 1.10. The van der Waals surface area contributed by atoms with Crippen LogP contribution in [0.1, 0.15) is 12.0 Å². The van der Waals surface area contributed by atoms with Crippen LogP contribution in [0.4, 0.5) is 0 Å². The smallest absolute Gasteiger partial charge is 0.0234 e. The van der Waals surface area contributed by atoms with Crippen molar-refractivity contribution in [3.8, 4) is 0 Å². The van der Waals surface area contributed by atoms with Gasteiger partial charge in [-0.2, -0.15) is 0 Å². The van der Waals surface area contributed by atoms with Crippen LogP contribution in [-0.4, -0.2) is 31.1 Å². The van der Waals surface area contributed by atoms with Crippen molar-refractivity contribution >= 4 is 0 Å². The van der Waals surface area contributed by atoms with Crippen LogP contribution in [0.15, 0.2) is 30.3 Å². The summed E-state index contributed by atoms with van der Waals surface area (Å²) in [6.45, 7) is 5.80. The summed E-state index contributed by atoms with van der Waals surface area (Å²) in [7, 11) is 0. The van der Waals surface area contributed by atoms with E-state index in [1.165, 1.54) is 31.6 Å². The summed E-state index contributed by atoms with van der Waals surface area (Å²) in [6, 6.07) is 10.7. The van der Waals surface area contributed by atoms with Crippen LogP contribution in [0.25, 0.3) is 0 Å². The van der Waals surface area contributed by atoms with E-state index in [1.54, 1.807) is 0 Å². The highest BCUT2D eigenvalue weighted by molar-refractivity contribution is 5.14. The maximum absolute atomic E-state index is 3.42. The lowest BCUT2D eigenvalue weighted by Crippen LogP contribution is -2.27. The lowest BCUT2D eigenvalue weighted by molar-refractivity contribution is 0.284. The van der Waals surface area contributed by atoms with Gasteiger partial charge in [0.1, 0.15) is 0 Å². The normalized spacial score (nSPS) is 19.1. The fraction of sp³-hybridized carbons (Fsp3) is 0.500. The molecule has 0 radical (unpaired) electrons. The quantitative estimate of drug-likeness (QED) is 0.760. The fourth-order valence-corrected chi connectivity index (χ4v) is 1.90. The van der Waals surface area contributed by atoms with Gasteiger partial charge in [0.25, 0.3) is 0 Å². The molecule has 0 saturated carbocycles. The average Bonchev–Trinajstić information content (AvgIpc) is 2.48. The number of hydrogen-bond donors (Lipinski definition) is 1. The van der Waals surface area contributed by atoms with E-state index < -0.39 is 0 Å². The van der Waals surface area contributed by atoms with E-state index >= 15 is 0 Å². The molecule has 0 aliphatic carbocycles. The standard InChI is InChI=1S/C12H18N2/c1-2-5-12(6-3-1)11-14-9-4-7-13-8-10-14/h1-3,5-6,13H,4,7-11H2. The average molecular weight is 190 g/mol. The summed E-state index contributed by atoms with van der Waals surface area (Å²) in [4.78, 5) is 2.52. The predicted octanol–water partition coefficient (Wildman–Crippen LogP) is 1.48. The molecule has 1 saturated heterocycles. The summed E-state index contributed by atoms with van der Waals surface area (Å²) >= 11 is 0. The van der Waals surface area contributed by atoms with Crippen molar-refractivity contribution in [1.82, 2.24) is 10.2 Å². The molecule has 14 heavy (non-hydrogen) atoms. The molecular weight excluding hydrogens is 172 g/mol. The Morgan fingerprint density at radius 3 is 2.79 bits per heavy atom. The topological polar surface area (TPSA) is 15.3 Å². The minimum Gasteiger partial charge on any atom is -0.315 e. The van der Waals surface area contributed by atoms with Crippen molar-refractivity contribution in [3.05, 3.63) is 35.9 Å². The largest absolute Gasteiger partial charge is 0.315 e. The van der Waals surface area contributed by atoms with Crippen LogP contribution in [0.5, 0.6) is 0 Å². The van der Waals surface area contributed by atoms with Crippen LogP contribution < -0.4 is 5.32 Å². The number of hydrogen-bond acceptors (Lipinski definition) is 2. The number of nitrogens with one attached hydrogen (secondary N) is 1. The first-order valence-electron chi connectivity index (χ1n) is 5.42. The molecule has 1 N–H and O–H groups in total. The highest BCUT2D eigenvalue weighted by Gasteiger charge is 2.07. The zero-order valence-corrected chi connectivity index (χ0v) is 8.58. The van der Waals surface area contributed by atoms with Crippen LogP contribution in [0.3, 0.4) is 0 Å². The van der Waals surface area contributed by atoms with Gasteiger partial charge in [0.05, 0.1) is 0 Å². The molecule has 1 aliphatic heterocycles. The number of benzene rings is 1. The molecule has 76 valence electrons. The highest BCUT2D eigenvalue weighted by atomic mass is 15.1. The molecule has 2 rings (SSSR count). The maximum Gasteiger partial charge on any atom is 0.0234 e. The molecule has 1 fully saturated rings. The van der Waals surface area contributed by atoms with Gasteiger partial charge < -0.3 is 5.32 Å². The third kappa shape index (κ3) is 2.82. The van der Waals surface area contributed by atoms with Crippen LogP contribution in [-0.2, 0) is 6.54 Å². The Morgan fingerprint density at radius 1 is 1.07 bits per heavy atom. The SMILES string of the molecule is c1ccc(CN2CCCNCC2)cc1. The molecule has 0 atom stereocenters. The number of nitrogens with zero attached hydrogens (tertiary/aromatic N) is 1. The summed E-state index contributed by atoms with van der Waals surface area (Å²) in [5, 5.41) is 3.42. The lowest BCUT2D eigenvalue weighted by Gasteiger charge is -2.19.